The zero-order valence-corrected chi connectivity index (χ0v) is 7.89. The van der Waals surface area contributed by atoms with Gasteiger partial charge in [0.15, 0.2) is 0 Å². The lowest BCUT2D eigenvalue weighted by Gasteiger charge is -2.11. The number of alkyl halides is 3. The van der Waals surface area contributed by atoms with E-state index >= 15 is 0 Å². The number of nitrogens with one attached hydrogen (secondary N) is 1. The van der Waals surface area contributed by atoms with Crippen molar-refractivity contribution in [2.45, 2.75) is 19.1 Å². The summed E-state index contributed by atoms with van der Waals surface area (Å²) in [6.07, 6.45) is -3.46. The van der Waals surface area contributed by atoms with Crippen molar-refractivity contribution in [1.82, 2.24) is 10.3 Å². The summed E-state index contributed by atoms with van der Waals surface area (Å²) >= 11 is 0. The second kappa shape index (κ2) is 3.96. The van der Waals surface area contributed by atoms with Crippen LogP contribution >= 0.6 is 0 Å². The second-order valence-corrected chi connectivity index (χ2v) is 2.98. The third-order valence-electron chi connectivity index (χ3n) is 1.99. The summed E-state index contributed by atoms with van der Waals surface area (Å²) in [4.78, 5) is 3.73. The first-order valence-corrected chi connectivity index (χ1v) is 4.15. The molecule has 0 amide bonds. The van der Waals surface area contributed by atoms with E-state index in [4.69, 9.17) is 0 Å². The summed E-state index contributed by atoms with van der Waals surface area (Å²) in [5.74, 6) is 0. The van der Waals surface area contributed by atoms with Crippen molar-refractivity contribution in [3.05, 3.63) is 29.6 Å². The van der Waals surface area contributed by atoms with Crippen molar-refractivity contribution in [3.63, 3.8) is 0 Å². The maximum absolute atomic E-state index is 12.1. The molecule has 0 unspecified atom stereocenters. The van der Waals surface area contributed by atoms with Crippen molar-refractivity contribution < 1.29 is 13.2 Å². The van der Waals surface area contributed by atoms with Gasteiger partial charge in [0.2, 0.25) is 0 Å². The summed E-state index contributed by atoms with van der Waals surface area (Å²) < 4.78 is 36.4. The summed E-state index contributed by atoms with van der Waals surface area (Å²) in [5, 5.41) is 2.90. The maximum Gasteiger partial charge on any atom is 0.417 e. The highest BCUT2D eigenvalue weighted by molar-refractivity contribution is 5.18. The summed E-state index contributed by atoms with van der Waals surface area (Å²) in [7, 11) is 1.73. The smallest absolute Gasteiger partial charge is 0.312 e. The predicted octanol–water partition coefficient (Wildman–Crippen LogP) is 2.38. The minimum Gasteiger partial charge on any atom is -0.312 e. The van der Waals surface area contributed by atoms with Crippen molar-refractivity contribution >= 4 is 0 Å². The zero-order valence-electron chi connectivity index (χ0n) is 7.89. The van der Waals surface area contributed by atoms with Crippen LogP contribution in [-0.4, -0.2) is 12.0 Å². The van der Waals surface area contributed by atoms with E-state index in [0.29, 0.717) is 5.69 Å². The highest BCUT2D eigenvalue weighted by Gasteiger charge is 2.30. The zero-order chi connectivity index (χ0) is 10.8. The van der Waals surface area contributed by atoms with Crippen LogP contribution < -0.4 is 5.32 Å². The molecule has 1 heterocycles. The molecule has 0 aliphatic carbocycles. The molecule has 0 spiro atoms. The fraction of sp³-hybridized carbons (Fsp3) is 0.444. The van der Waals surface area contributed by atoms with Crippen LogP contribution in [0.2, 0.25) is 0 Å². The van der Waals surface area contributed by atoms with Crippen LogP contribution in [-0.2, 0) is 6.18 Å². The minimum absolute atomic E-state index is 0.0442. The van der Waals surface area contributed by atoms with E-state index in [1.165, 1.54) is 6.07 Å². The van der Waals surface area contributed by atoms with Crippen LogP contribution in [0.25, 0.3) is 0 Å². The van der Waals surface area contributed by atoms with Crippen molar-refractivity contribution in [3.8, 4) is 0 Å². The van der Waals surface area contributed by atoms with E-state index < -0.39 is 11.7 Å². The Hall–Kier alpha value is -1.10. The molecule has 1 atom stereocenters. The molecule has 78 valence electrons. The van der Waals surface area contributed by atoms with Gasteiger partial charge in [0.05, 0.1) is 11.3 Å². The Labute approximate surface area is 80.2 Å². The molecule has 0 fully saturated rings. The van der Waals surface area contributed by atoms with Gasteiger partial charge in [-0.2, -0.15) is 13.2 Å². The number of pyridine rings is 1. The molecule has 0 aliphatic heterocycles. The lowest BCUT2D eigenvalue weighted by molar-refractivity contribution is -0.137. The van der Waals surface area contributed by atoms with Gasteiger partial charge in [-0.3, -0.25) is 4.98 Å². The van der Waals surface area contributed by atoms with Gasteiger partial charge in [-0.1, -0.05) is 0 Å². The first-order chi connectivity index (χ1) is 6.45. The van der Waals surface area contributed by atoms with Crippen molar-refractivity contribution in [1.29, 1.82) is 0 Å². The van der Waals surface area contributed by atoms with Gasteiger partial charge in [-0.15, -0.1) is 0 Å². The normalized spacial score (nSPS) is 14.1. The van der Waals surface area contributed by atoms with Gasteiger partial charge < -0.3 is 5.32 Å². The molecule has 1 N–H and O–H groups in total. The van der Waals surface area contributed by atoms with Crippen molar-refractivity contribution in [2.24, 2.45) is 0 Å². The molecule has 1 rings (SSSR count). The number of nitrogens with zero attached hydrogens (tertiary/aromatic N) is 1. The molecule has 0 bridgehead atoms. The van der Waals surface area contributed by atoms with Gasteiger partial charge in [-0.25, -0.2) is 0 Å². The fourth-order valence-electron chi connectivity index (χ4n) is 0.977. The van der Waals surface area contributed by atoms with Crippen LogP contribution in [0.3, 0.4) is 0 Å². The van der Waals surface area contributed by atoms with E-state index in [1.807, 2.05) is 6.92 Å². The average molecular weight is 204 g/mol. The first-order valence-electron chi connectivity index (χ1n) is 4.15. The highest BCUT2D eigenvalue weighted by Crippen LogP contribution is 2.28. The molecule has 1 aromatic heterocycles. The Morgan fingerprint density at radius 3 is 2.36 bits per heavy atom. The average Bonchev–Trinajstić information content (AvgIpc) is 2.15. The largest absolute Gasteiger partial charge is 0.417 e. The molecule has 0 saturated heterocycles. The number of hydrogen-bond donors (Lipinski definition) is 1. The molecular weight excluding hydrogens is 193 g/mol. The third-order valence-corrected chi connectivity index (χ3v) is 1.99. The summed E-state index contributed by atoms with van der Waals surface area (Å²) in [6, 6.07) is 2.37. The van der Waals surface area contributed by atoms with E-state index in [-0.39, 0.29) is 6.04 Å². The van der Waals surface area contributed by atoms with Crippen LogP contribution in [0.5, 0.6) is 0 Å². The molecule has 2 nitrogen and oxygen atoms in total. The van der Waals surface area contributed by atoms with Gasteiger partial charge in [0.1, 0.15) is 0 Å². The van der Waals surface area contributed by atoms with E-state index in [9.17, 15) is 13.2 Å². The first kappa shape index (κ1) is 11.0. The summed E-state index contributed by atoms with van der Waals surface area (Å²) in [6.45, 7) is 1.83. The molecular formula is C9H11F3N2. The predicted molar refractivity (Wildman–Crippen MR) is 46.7 cm³/mol. The summed E-state index contributed by atoms with van der Waals surface area (Å²) in [5.41, 5.74) is -0.120. The molecule has 5 heteroatoms. The topological polar surface area (TPSA) is 24.9 Å². The standard InChI is InChI=1S/C9H11F3N2/c1-6(13-2)8-4-3-7(5-14-8)9(10,11)12/h3-6,13H,1-2H3/t6-/m1/s1. The third kappa shape index (κ3) is 2.45. The fourth-order valence-corrected chi connectivity index (χ4v) is 0.977. The van der Waals surface area contributed by atoms with Gasteiger partial charge >= 0.3 is 6.18 Å². The van der Waals surface area contributed by atoms with Crippen molar-refractivity contribution in [2.75, 3.05) is 7.05 Å². The number of halogens is 3. The Kier molecular flexibility index (Phi) is 3.10. The number of rotatable bonds is 2. The molecule has 1 aromatic rings. The second-order valence-electron chi connectivity index (χ2n) is 2.98. The molecule has 0 radical (unpaired) electrons. The number of aromatic nitrogens is 1. The Morgan fingerprint density at radius 1 is 1.36 bits per heavy atom. The SMILES string of the molecule is CN[C@H](C)c1ccc(C(F)(F)F)cn1. The van der Waals surface area contributed by atoms with Gasteiger partial charge in [-0.05, 0) is 26.1 Å². The molecule has 0 aromatic carbocycles. The van der Waals surface area contributed by atoms with Gasteiger partial charge in [0.25, 0.3) is 0 Å². The van der Waals surface area contributed by atoms with Gasteiger partial charge in [0, 0.05) is 12.2 Å². The molecule has 0 saturated carbocycles. The lowest BCUT2D eigenvalue weighted by atomic mass is 10.2. The Balaban J connectivity index is 2.89. The number of hydrogen-bond acceptors (Lipinski definition) is 2. The molecule has 14 heavy (non-hydrogen) atoms. The van der Waals surface area contributed by atoms with E-state index in [1.54, 1.807) is 7.05 Å². The van der Waals surface area contributed by atoms with Crippen LogP contribution in [0.4, 0.5) is 13.2 Å². The van der Waals surface area contributed by atoms with E-state index in [2.05, 4.69) is 10.3 Å². The lowest BCUT2D eigenvalue weighted by Crippen LogP contribution is -2.14. The van der Waals surface area contributed by atoms with E-state index in [0.717, 1.165) is 12.3 Å². The quantitative estimate of drug-likeness (QED) is 0.800. The van der Waals surface area contributed by atoms with Crippen LogP contribution in [0.1, 0.15) is 24.2 Å². The van der Waals surface area contributed by atoms with Crippen LogP contribution in [0.15, 0.2) is 18.3 Å². The highest BCUT2D eigenvalue weighted by atomic mass is 19.4. The monoisotopic (exact) mass is 204 g/mol. The minimum atomic E-state index is -4.31. The van der Waals surface area contributed by atoms with Crippen LogP contribution in [0, 0.1) is 0 Å². The molecule has 0 aliphatic rings. The Bertz CT molecular complexity index is 292. The maximum atomic E-state index is 12.1. The Morgan fingerprint density at radius 2 is 2.00 bits per heavy atom.